The van der Waals surface area contributed by atoms with Crippen molar-refractivity contribution in [3.05, 3.63) is 11.6 Å². The summed E-state index contributed by atoms with van der Waals surface area (Å²) in [5.41, 5.74) is 1.08. The SMILES string of the molecule is C/C(C=O)=C/C(C)C(C)(C)C. The fourth-order valence-corrected chi connectivity index (χ4v) is 0.684. The summed E-state index contributed by atoms with van der Waals surface area (Å²) in [5, 5.41) is 0. The molecule has 0 amide bonds. The standard InChI is InChI=1S/C10H18O/c1-8(7-11)6-9(2)10(3,4)5/h6-7,9H,1-5H3/b8-6-. The van der Waals surface area contributed by atoms with Crippen LogP contribution in [0.2, 0.25) is 0 Å². The Morgan fingerprint density at radius 3 is 2.09 bits per heavy atom. The van der Waals surface area contributed by atoms with E-state index in [0.717, 1.165) is 11.9 Å². The monoisotopic (exact) mass is 154 g/mol. The van der Waals surface area contributed by atoms with E-state index in [0.29, 0.717) is 5.92 Å². The first-order valence-corrected chi connectivity index (χ1v) is 4.01. The topological polar surface area (TPSA) is 17.1 Å². The third kappa shape index (κ3) is 3.97. The average molecular weight is 154 g/mol. The zero-order chi connectivity index (χ0) is 9.07. The van der Waals surface area contributed by atoms with Crippen LogP contribution in [0.1, 0.15) is 34.6 Å². The lowest BCUT2D eigenvalue weighted by Crippen LogP contribution is -2.15. The minimum Gasteiger partial charge on any atom is -0.298 e. The van der Waals surface area contributed by atoms with Gasteiger partial charge in [0, 0.05) is 0 Å². The average Bonchev–Trinajstić information content (AvgIpc) is 1.85. The second-order valence-corrected chi connectivity index (χ2v) is 4.18. The summed E-state index contributed by atoms with van der Waals surface area (Å²) in [7, 11) is 0. The number of hydrogen-bond donors (Lipinski definition) is 0. The molecule has 1 heteroatoms. The highest BCUT2D eigenvalue weighted by Gasteiger charge is 2.17. The molecule has 64 valence electrons. The fraction of sp³-hybridized carbons (Fsp3) is 0.700. The summed E-state index contributed by atoms with van der Waals surface area (Å²) in [4.78, 5) is 10.3. The quantitative estimate of drug-likeness (QED) is 0.441. The van der Waals surface area contributed by atoms with Gasteiger partial charge in [-0.15, -0.1) is 0 Å². The summed E-state index contributed by atoms with van der Waals surface area (Å²) in [6.07, 6.45) is 2.93. The number of hydrogen-bond acceptors (Lipinski definition) is 1. The highest BCUT2D eigenvalue weighted by Crippen LogP contribution is 2.26. The minimum absolute atomic E-state index is 0.254. The second-order valence-electron chi connectivity index (χ2n) is 4.18. The summed E-state index contributed by atoms with van der Waals surface area (Å²) < 4.78 is 0. The van der Waals surface area contributed by atoms with Crippen LogP contribution >= 0.6 is 0 Å². The van der Waals surface area contributed by atoms with Crippen molar-refractivity contribution in [1.29, 1.82) is 0 Å². The van der Waals surface area contributed by atoms with Crippen molar-refractivity contribution < 1.29 is 4.79 Å². The first-order valence-electron chi connectivity index (χ1n) is 4.01. The van der Waals surface area contributed by atoms with Gasteiger partial charge in [-0.2, -0.15) is 0 Å². The van der Waals surface area contributed by atoms with Gasteiger partial charge in [-0.05, 0) is 23.8 Å². The third-order valence-corrected chi connectivity index (χ3v) is 2.06. The molecular weight excluding hydrogens is 136 g/mol. The molecule has 0 radical (unpaired) electrons. The Balaban J connectivity index is 4.28. The van der Waals surface area contributed by atoms with Crippen molar-refractivity contribution in [2.75, 3.05) is 0 Å². The molecule has 1 atom stereocenters. The molecule has 0 fully saturated rings. The van der Waals surface area contributed by atoms with Gasteiger partial charge in [0.1, 0.15) is 6.29 Å². The molecule has 0 spiro atoms. The van der Waals surface area contributed by atoms with Crippen molar-refractivity contribution in [2.45, 2.75) is 34.6 Å². The number of aldehydes is 1. The maximum absolute atomic E-state index is 10.3. The van der Waals surface area contributed by atoms with Gasteiger partial charge in [-0.3, -0.25) is 4.79 Å². The number of rotatable bonds is 2. The zero-order valence-electron chi connectivity index (χ0n) is 8.14. The van der Waals surface area contributed by atoms with Crippen molar-refractivity contribution in [2.24, 2.45) is 11.3 Å². The molecule has 1 nitrogen and oxygen atoms in total. The Morgan fingerprint density at radius 2 is 1.82 bits per heavy atom. The summed E-state index contributed by atoms with van der Waals surface area (Å²) >= 11 is 0. The number of carbonyl (C=O) groups is 1. The Bertz CT molecular complexity index is 160. The molecule has 11 heavy (non-hydrogen) atoms. The lowest BCUT2D eigenvalue weighted by atomic mass is 9.81. The molecule has 0 aliphatic heterocycles. The Morgan fingerprint density at radius 1 is 1.36 bits per heavy atom. The van der Waals surface area contributed by atoms with Gasteiger partial charge in [0.2, 0.25) is 0 Å². The predicted molar refractivity (Wildman–Crippen MR) is 48.4 cm³/mol. The highest BCUT2D eigenvalue weighted by molar-refractivity contribution is 5.72. The van der Waals surface area contributed by atoms with Gasteiger partial charge in [-0.1, -0.05) is 33.8 Å². The van der Waals surface area contributed by atoms with Gasteiger partial charge in [0.25, 0.3) is 0 Å². The minimum atomic E-state index is 0.254. The molecule has 0 aliphatic rings. The van der Waals surface area contributed by atoms with Crippen molar-refractivity contribution >= 4 is 6.29 Å². The van der Waals surface area contributed by atoms with Crippen molar-refractivity contribution in [3.8, 4) is 0 Å². The van der Waals surface area contributed by atoms with Crippen LogP contribution in [0.4, 0.5) is 0 Å². The number of carbonyl (C=O) groups excluding carboxylic acids is 1. The van der Waals surface area contributed by atoms with Crippen molar-refractivity contribution in [3.63, 3.8) is 0 Å². The second kappa shape index (κ2) is 3.70. The summed E-state index contributed by atoms with van der Waals surface area (Å²) in [6, 6.07) is 0. The first-order chi connectivity index (χ1) is 4.88. The predicted octanol–water partition coefficient (Wildman–Crippen LogP) is 2.81. The van der Waals surface area contributed by atoms with Gasteiger partial charge < -0.3 is 0 Å². The lowest BCUT2D eigenvalue weighted by Gasteiger charge is -2.24. The molecule has 0 N–H and O–H groups in total. The largest absolute Gasteiger partial charge is 0.298 e. The fourth-order valence-electron chi connectivity index (χ4n) is 0.684. The smallest absolute Gasteiger partial charge is 0.145 e. The van der Waals surface area contributed by atoms with E-state index in [1.165, 1.54) is 0 Å². The number of allylic oxidation sites excluding steroid dienone is 2. The van der Waals surface area contributed by atoms with E-state index in [1.54, 1.807) is 0 Å². The molecule has 0 aromatic carbocycles. The third-order valence-electron chi connectivity index (χ3n) is 2.06. The van der Waals surface area contributed by atoms with E-state index < -0.39 is 0 Å². The summed E-state index contributed by atoms with van der Waals surface area (Å²) in [5.74, 6) is 0.452. The van der Waals surface area contributed by atoms with Gasteiger partial charge in [0.15, 0.2) is 0 Å². The molecule has 0 rings (SSSR count). The van der Waals surface area contributed by atoms with E-state index in [2.05, 4.69) is 27.7 Å². The molecule has 0 bridgehead atoms. The van der Waals surface area contributed by atoms with Crippen LogP contribution in [-0.4, -0.2) is 6.29 Å². The van der Waals surface area contributed by atoms with Crippen molar-refractivity contribution in [1.82, 2.24) is 0 Å². The van der Waals surface area contributed by atoms with E-state index in [-0.39, 0.29) is 5.41 Å². The molecule has 0 aromatic rings. The van der Waals surface area contributed by atoms with Crippen LogP contribution in [0.15, 0.2) is 11.6 Å². The summed E-state index contributed by atoms with van der Waals surface area (Å²) in [6.45, 7) is 10.5. The van der Waals surface area contributed by atoms with Crippen LogP contribution in [0.25, 0.3) is 0 Å². The molecule has 1 unspecified atom stereocenters. The van der Waals surface area contributed by atoms with Crippen LogP contribution < -0.4 is 0 Å². The van der Waals surface area contributed by atoms with Crippen LogP contribution in [0, 0.1) is 11.3 Å². The van der Waals surface area contributed by atoms with Gasteiger partial charge >= 0.3 is 0 Å². The van der Waals surface area contributed by atoms with E-state index in [4.69, 9.17) is 0 Å². The maximum atomic E-state index is 10.3. The van der Waals surface area contributed by atoms with Crippen LogP contribution in [-0.2, 0) is 4.79 Å². The highest BCUT2D eigenvalue weighted by atomic mass is 16.1. The van der Waals surface area contributed by atoms with E-state index in [9.17, 15) is 4.79 Å². The van der Waals surface area contributed by atoms with E-state index >= 15 is 0 Å². The normalized spacial score (nSPS) is 16.3. The molecular formula is C10H18O. The van der Waals surface area contributed by atoms with Gasteiger partial charge in [0.05, 0.1) is 0 Å². The van der Waals surface area contributed by atoms with Gasteiger partial charge in [-0.25, -0.2) is 0 Å². The zero-order valence-corrected chi connectivity index (χ0v) is 8.14. The Hall–Kier alpha value is -0.590. The Kier molecular flexibility index (Phi) is 3.50. The first kappa shape index (κ1) is 10.4. The Labute approximate surface area is 69.5 Å². The lowest BCUT2D eigenvalue weighted by molar-refractivity contribution is -0.104. The molecule has 0 aliphatic carbocycles. The van der Waals surface area contributed by atoms with Crippen LogP contribution in [0.5, 0.6) is 0 Å². The molecule has 0 saturated heterocycles. The molecule has 0 aromatic heterocycles. The molecule has 0 saturated carbocycles. The van der Waals surface area contributed by atoms with Crippen LogP contribution in [0.3, 0.4) is 0 Å². The maximum Gasteiger partial charge on any atom is 0.145 e. The molecule has 0 heterocycles. The van der Waals surface area contributed by atoms with E-state index in [1.807, 2.05) is 13.0 Å².